The van der Waals surface area contributed by atoms with E-state index in [1.165, 1.54) is 6.20 Å². The van der Waals surface area contributed by atoms with Gasteiger partial charge >= 0.3 is 0 Å². The third-order valence-electron chi connectivity index (χ3n) is 1.97. The van der Waals surface area contributed by atoms with Crippen LogP contribution in [0.1, 0.15) is 12.5 Å². The maximum Gasteiger partial charge on any atom is 0.166 e. The van der Waals surface area contributed by atoms with Crippen molar-refractivity contribution < 1.29 is 5.11 Å². The van der Waals surface area contributed by atoms with Crippen molar-refractivity contribution in [3.05, 3.63) is 17.8 Å². The quantitative estimate of drug-likeness (QED) is 0.612. The van der Waals surface area contributed by atoms with Crippen LogP contribution in [0.2, 0.25) is 0 Å². The van der Waals surface area contributed by atoms with Crippen LogP contribution in [-0.2, 0) is 0 Å². The summed E-state index contributed by atoms with van der Waals surface area (Å²) in [6.45, 7) is 1.94. The van der Waals surface area contributed by atoms with Crippen LogP contribution >= 0.6 is 0 Å². The first-order chi connectivity index (χ1) is 7.15. The van der Waals surface area contributed by atoms with Crippen molar-refractivity contribution in [2.45, 2.75) is 19.1 Å². The maximum atomic E-state index is 9.16. The Labute approximate surface area is 87.7 Å². The number of aromatic nitrogens is 2. The van der Waals surface area contributed by atoms with Gasteiger partial charge in [-0.3, -0.25) is 0 Å². The Morgan fingerprint density at radius 2 is 2.47 bits per heavy atom. The van der Waals surface area contributed by atoms with E-state index in [2.05, 4.69) is 15.5 Å². The van der Waals surface area contributed by atoms with Gasteiger partial charge in [-0.15, -0.1) is 5.10 Å². The maximum absolute atomic E-state index is 9.16. The zero-order valence-corrected chi connectivity index (χ0v) is 8.38. The van der Waals surface area contributed by atoms with E-state index in [0.29, 0.717) is 17.9 Å². The summed E-state index contributed by atoms with van der Waals surface area (Å²) in [5.74, 6) is 0.385. The second-order valence-corrected chi connectivity index (χ2v) is 3.19. The molecule has 0 radical (unpaired) electrons. The summed E-state index contributed by atoms with van der Waals surface area (Å²) in [7, 11) is 0. The fourth-order valence-electron chi connectivity index (χ4n) is 0.938. The van der Waals surface area contributed by atoms with Gasteiger partial charge in [0, 0.05) is 12.6 Å². The van der Waals surface area contributed by atoms with E-state index >= 15 is 0 Å². The molecule has 80 valence electrons. The Kier molecular flexibility index (Phi) is 3.97. The highest BCUT2D eigenvalue weighted by molar-refractivity contribution is 5.50. The van der Waals surface area contributed by atoms with Gasteiger partial charge in [0.25, 0.3) is 0 Å². The molecule has 0 aliphatic rings. The zero-order valence-electron chi connectivity index (χ0n) is 8.38. The molecule has 6 heteroatoms. The minimum absolute atomic E-state index is 0.338. The van der Waals surface area contributed by atoms with Gasteiger partial charge in [0.05, 0.1) is 17.9 Å². The van der Waals surface area contributed by atoms with Gasteiger partial charge < -0.3 is 16.2 Å². The highest BCUT2D eigenvalue weighted by Crippen LogP contribution is 2.07. The Hall–Kier alpha value is -1.71. The second kappa shape index (κ2) is 5.24. The number of hydrogen-bond acceptors (Lipinski definition) is 6. The van der Waals surface area contributed by atoms with E-state index < -0.39 is 12.1 Å². The van der Waals surface area contributed by atoms with E-state index in [4.69, 9.17) is 16.1 Å². The lowest BCUT2D eigenvalue weighted by Crippen LogP contribution is -2.39. The number of nitriles is 1. The molecule has 0 aliphatic heterocycles. The van der Waals surface area contributed by atoms with Gasteiger partial charge in [-0.2, -0.15) is 10.4 Å². The van der Waals surface area contributed by atoms with Gasteiger partial charge in [0.2, 0.25) is 0 Å². The van der Waals surface area contributed by atoms with Gasteiger partial charge in [-0.25, -0.2) is 0 Å². The zero-order chi connectivity index (χ0) is 11.3. The van der Waals surface area contributed by atoms with Crippen LogP contribution in [0.5, 0.6) is 0 Å². The van der Waals surface area contributed by atoms with Crippen LogP contribution in [0.3, 0.4) is 0 Å². The fourth-order valence-corrected chi connectivity index (χ4v) is 0.938. The number of nitrogens with one attached hydrogen (secondary N) is 1. The Morgan fingerprint density at radius 3 is 3.07 bits per heavy atom. The molecule has 15 heavy (non-hydrogen) atoms. The SMILES string of the molecule is CC(O)C(N)CNc1nnccc1C#N. The Morgan fingerprint density at radius 1 is 1.73 bits per heavy atom. The molecule has 2 unspecified atom stereocenters. The average Bonchev–Trinajstić information content (AvgIpc) is 2.26. The van der Waals surface area contributed by atoms with Crippen molar-refractivity contribution >= 4 is 5.82 Å². The molecule has 2 atom stereocenters. The molecule has 1 aromatic heterocycles. The van der Waals surface area contributed by atoms with Crippen molar-refractivity contribution in [3.8, 4) is 6.07 Å². The number of aliphatic hydroxyl groups excluding tert-OH is 1. The van der Waals surface area contributed by atoms with Crippen LogP contribution in [0.25, 0.3) is 0 Å². The van der Waals surface area contributed by atoms with Crippen LogP contribution < -0.4 is 11.1 Å². The van der Waals surface area contributed by atoms with Crippen LogP contribution in [0.4, 0.5) is 5.82 Å². The molecular formula is C9H13N5O. The van der Waals surface area contributed by atoms with Gasteiger partial charge in [0.15, 0.2) is 5.82 Å². The van der Waals surface area contributed by atoms with E-state index in [9.17, 15) is 0 Å². The molecule has 0 amide bonds. The number of nitrogens with zero attached hydrogens (tertiary/aromatic N) is 3. The molecule has 1 aromatic rings. The summed E-state index contributed by atoms with van der Waals surface area (Å²) in [5, 5.41) is 28.2. The summed E-state index contributed by atoms with van der Waals surface area (Å²) < 4.78 is 0. The molecule has 1 rings (SSSR count). The first-order valence-corrected chi connectivity index (χ1v) is 4.54. The second-order valence-electron chi connectivity index (χ2n) is 3.19. The normalized spacial score (nSPS) is 14.0. The average molecular weight is 207 g/mol. The van der Waals surface area contributed by atoms with E-state index in [0.717, 1.165) is 0 Å². The topological polar surface area (TPSA) is 108 Å². The lowest BCUT2D eigenvalue weighted by molar-refractivity contribution is 0.168. The first-order valence-electron chi connectivity index (χ1n) is 4.54. The van der Waals surface area contributed by atoms with Crippen molar-refractivity contribution in [2.24, 2.45) is 5.73 Å². The number of aliphatic hydroxyl groups is 1. The van der Waals surface area contributed by atoms with E-state index in [-0.39, 0.29) is 0 Å². The molecule has 0 fully saturated rings. The standard InChI is InChI=1S/C9H13N5O/c1-6(15)8(11)5-12-9-7(4-10)2-3-13-14-9/h2-3,6,8,15H,5,11H2,1H3,(H,12,14). The smallest absolute Gasteiger partial charge is 0.166 e. The Bertz CT molecular complexity index is 360. The molecule has 1 heterocycles. The highest BCUT2D eigenvalue weighted by atomic mass is 16.3. The van der Waals surface area contributed by atoms with Gasteiger partial charge in [-0.1, -0.05) is 0 Å². The lowest BCUT2D eigenvalue weighted by Gasteiger charge is -2.15. The summed E-state index contributed by atoms with van der Waals surface area (Å²) in [6, 6.07) is 3.13. The van der Waals surface area contributed by atoms with Crippen LogP contribution in [-0.4, -0.2) is 34.0 Å². The van der Waals surface area contributed by atoms with Crippen molar-refractivity contribution in [2.75, 3.05) is 11.9 Å². The largest absolute Gasteiger partial charge is 0.392 e. The summed E-state index contributed by atoms with van der Waals surface area (Å²) in [4.78, 5) is 0. The predicted octanol–water partition coefficient (Wildman–Crippen LogP) is -0.532. The monoisotopic (exact) mass is 207 g/mol. The Balaban J connectivity index is 2.62. The molecule has 0 saturated heterocycles. The first kappa shape index (κ1) is 11.4. The predicted molar refractivity (Wildman–Crippen MR) is 54.9 cm³/mol. The third-order valence-corrected chi connectivity index (χ3v) is 1.97. The number of anilines is 1. The number of nitrogens with two attached hydrogens (primary N) is 1. The lowest BCUT2D eigenvalue weighted by atomic mass is 10.2. The molecule has 0 saturated carbocycles. The van der Waals surface area contributed by atoms with E-state index in [1.807, 2.05) is 6.07 Å². The number of hydrogen-bond donors (Lipinski definition) is 3. The summed E-state index contributed by atoms with van der Waals surface area (Å²) in [6.07, 6.45) is 0.831. The molecule has 0 aromatic carbocycles. The molecular weight excluding hydrogens is 194 g/mol. The van der Waals surface area contributed by atoms with Crippen LogP contribution in [0, 0.1) is 11.3 Å². The number of rotatable bonds is 4. The fraction of sp³-hybridized carbons (Fsp3) is 0.444. The molecule has 6 nitrogen and oxygen atoms in total. The highest BCUT2D eigenvalue weighted by Gasteiger charge is 2.10. The van der Waals surface area contributed by atoms with Crippen LogP contribution in [0.15, 0.2) is 12.3 Å². The molecule has 0 bridgehead atoms. The minimum Gasteiger partial charge on any atom is -0.392 e. The van der Waals surface area contributed by atoms with Gasteiger partial charge in [0.1, 0.15) is 6.07 Å². The minimum atomic E-state index is -0.611. The third kappa shape index (κ3) is 3.16. The molecule has 0 aliphatic carbocycles. The van der Waals surface area contributed by atoms with Gasteiger partial charge in [-0.05, 0) is 13.0 Å². The van der Waals surface area contributed by atoms with Crippen molar-refractivity contribution in [3.63, 3.8) is 0 Å². The molecule has 4 N–H and O–H groups in total. The van der Waals surface area contributed by atoms with Crippen molar-refractivity contribution in [1.82, 2.24) is 10.2 Å². The van der Waals surface area contributed by atoms with Crippen molar-refractivity contribution in [1.29, 1.82) is 5.26 Å². The van der Waals surface area contributed by atoms with E-state index in [1.54, 1.807) is 13.0 Å². The molecule has 0 spiro atoms. The summed E-state index contributed by atoms with van der Waals surface area (Å²) >= 11 is 0. The summed E-state index contributed by atoms with van der Waals surface area (Å²) in [5.41, 5.74) is 6.02.